The molecule has 0 saturated carbocycles. The van der Waals surface area contributed by atoms with E-state index in [9.17, 15) is 54.2 Å². The molecular weight excluding hydrogens is 1580 g/mol. The zero-order valence-corrected chi connectivity index (χ0v) is 70.8. The average Bonchev–Trinajstić information content (AvgIpc) is 0.746. The van der Waals surface area contributed by atoms with Gasteiger partial charge in [0, 0.05) is 92.2 Å². The number of unbranched alkanes of at least 4 members (excludes halogenated alkanes) is 2. The molecule has 20 nitrogen and oxygen atoms in total. The molecule has 11 aromatic carbocycles. The Morgan fingerprint density at radius 3 is 1.25 bits per heavy atom. The number of carboxylic acid groups (broad SMARTS) is 2. The summed E-state index contributed by atoms with van der Waals surface area (Å²) in [5, 5.41) is 24.9. The summed E-state index contributed by atoms with van der Waals surface area (Å²) in [7, 11) is -11.1. The van der Waals surface area contributed by atoms with E-state index in [1.807, 2.05) is 72.8 Å². The van der Waals surface area contributed by atoms with Gasteiger partial charge in [-0.25, -0.2) is 44.7 Å². The number of hydrogen-bond acceptors (Lipinski definition) is 19. The third kappa shape index (κ3) is 21.8. The number of sulfone groups is 1. The monoisotopic (exact) mass is 1670 g/mol. The minimum absolute atomic E-state index is 0.0667. The maximum Gasteiger partial charge on any atom is 0.335 e. The van der Waals surface area contributed by atoms with Crippen molar-refractivity contribution in [1.29, 1.82) is 0 Å². The predicted octanol–water partition coefficient (Wildman–Crippen LogP) is 16.1. The van der Waals surface area contributed by atoms with Crippen LogP contribution >= 0.6 is 12.0 Å². The third-order valence-corrected chi connectivity index (χ3v) is 24.3. The van der Waals surface area contributed by atoms with E-state index in [1.165, 1.54) is 105 Å². The highest BCUT2D eigenvalue weighted by Crippen LogP contribution is 2.42. The largest absolute Gasteiger partial charge is 0.744 e. The predicted molar refractivity (Wildman–Crippen MR) is 462 cm³/mol. The van der Waals surface area contributed by atoms with Gasteiger partial charge < -0.3 is 34.1 Å². The van der Waals surface area contributed by atoms with E-state index in [4.69, 9.17) is 13.8 Å². The zero-order chi connectivity index (χ0) is 85.0. The summed E-state index contributed by atoms with van der Waals surface area (Å²) in [6, 6.07) is 65.5. The molecule has 1 aromatic heterocycles. The number of ether oxygens (including phenoxy) is 2. The van der Waals surface area contributed by atoms with Crippen molar-refractivity contribution in [2.24, 2.45) is 0 Å². The molecule has 0 fully saturated rings. The maximum atomic E-state index is 12.4. The summed E-state index contributed by atoms with van der Waals surface area (Å²) in [5.41, 5.74) is 20.0. The van der Waals surface area contributed by atoms with Crippen LogP contribution in [0.15, 0.2) is 222 Å². The highest BCUT2D eigenvalue weighted by Gasteiger charge is 2.27. The lowest BCUT2D eigenvalue weighted by molar-refractivity contribution is -0.160. The summed E-state index contributed by atoms with van der Waals surface area (Å²) >= 11 is 1.19. The zero-order valence-electron chi connectivity index (χ0n) is 67.5. The van der Waals surface area contributed by atoms with Crippen LogP contribution < -0.4 is 35.7 Å². The van der Waals surface area contributed by atoms with Gasteiger partial charge >= 0.3 is 11.9 Å². The van der Waals surface area contributed by atoms with Crippen molar-refractivity contribution in [3.05, 3.63) is 356 Å². The van der Waals surface area contributed by atoms with Crippen molar-refractivity contribution in [3.8, 4) is 23.0 Å². The lowest BCUT2D eigenvalue weighted by Gasteiger charge is -2.24. The van der Waals surface area contributed by atoms with Gasteiger partial charge in [-0.2, -0.15) is 14.3 Å². The van der Waals surface area contributed by atoms with E-state index in [-0.39, 0.29) is 38.3 Å². The Balaban J connectivity index is 0.000000165. The van der Waals surface area contributed by atoms with E-state index in [0.29, 0.717) is 88.4 Å². The number of aromatic carboxylic acids is 2. The van der Waals surface area contributed by atoms with Crippen LogP contribution in [0.5, 0.6) is 23.0 Å². The Labute approximate surface area is 698 Å². The van der Waals surface area contributed by atoms with E-state index >= 15 is 0 Å². The van der Waals surface area contributed by atoms with Gasteiger partial charge in [-0.05, 0) is 261 Å². The molecule has 0 amide bonds. The molecule has 119 heavy (non-hydrogen) atoms. The highest BCUT2D eigenvalue weighted by atomic mass is 32.2. The minimum atomic E-state index is -4.72. The smallest absolute Gasteiger partial charge is 0.335 e. The molecule has 12 aromatic rings. The first kappa shape index (κ1) is 86.6. The first-order chi connectivity index (χ1) is 56.8. The molecular formula is C95H90N4O16S4-2. The van der Waals surface area contributed by atoms with Crippen LogP contribution in [0, 0.1) is 55.4 Å². The van der Waals surface area contributed by atoms with E-state index in [0.717, 1.165) is 86.0 Å². The van der Waals surface area contributed by atoms with Crippen LogP contribution in [-0.2, 0) is 65.0 Å². The fourth-order valence-electron chi connectivity index (χ4n) is 14.8. The molecule has 0 atom stereocenters. The number of anilines is 2. The molecule has 612 valence electrons. The van der Waals surface area contributed by atoms with Gasteiger partial charge in [0.2, 0.25) is 5.95 Å². The normalized spacial score (nSPS) is 12.5. The SMILES string of the molecule is COOSCCCCc1nc(CCCCS(C)(=O)=O)nc(Nc2cc(C(=O)O)cc(C(=O)O)c2)n1.Cc1cccc(C)c1/C=c1\ccc2c(c1)Oc1cc(Cc3c(C)cccc3C)ccc1C=2c1ccccc1S(=O)(=O)[O-].Cc1cccc(C)c1/C=c1\ccc2c(c1)Oc1cc(Cc3c(C)cccc3C)ccc1C=2c1ccccc1S(=O)(=O)[O-]. The van der Waals surface area contributed by atoms with Crippen molar-refractivity contribution in [3.63, 3.8) is 0 Å². The number of hydrogen-bond donors (Lipinski definition) is 3. The highest BCUT2D eigenvalue weighted by molar-refractivity contribution is 7.94. The third-order valence-electron chi connectivity index (χ3n) is 20.8. The second kappa shape index (κ2) is 37.9. The number of benzene rings is 11. The summed E-state index contributed by atoms with van der Waals surface area (Å²) in [6.07, 6.45) is 10.5. The summed E-state index contributed by atoms with van der Waals surface area (Å²) < 4.78 is 115. The van der Waals surface area contributed by atoms with Crippen LogP contribution in [-0.4, -0.2) is 96.3 Å². The Morgan fingerprint density at radius 1 is 0.454 bits per heavy atom. The quantitative estimate of drug-likeness (QED) is 0.0149. The molecule has 14 rings (SSSR count). The van der Waals surface area contributed by atoms with Crippen molar-refractivity contribution >= 4 is 89.0 Å². The lowest BCUT2D eigenvalue weighted by Crippen LogP contribution is -2.21. The maximum absolute atomic E-state index is 12.4. The summed E-state index contributed by atoms with van der Waals surface area (Å²) in [6.45, 7) is 16.8. The number of nitrogens with zero attached hydrogens (tertiary/aromatic N) is 3. The van der Waals surface area contributed by atoms with Crippen molar-refractivity contribution in [2.45, 2.75) is 117 Å². The van der Waals surface area contributed by atoms with Gasteiger partial charge in [-0.3, -0.25) is 0 Å². The second-order valence-corrected chi connectivity index (χ2v) is 35.4. The van der Waals surface area contributed by atoms with Crippen LogP contribution in [0.25, 0.3) is 23.3 Å². The number of carbonyl (C=O) groups is 2. The van der Waals surface area contributed by atoms with Crippen LogP contribution in [0.4, 0.5) is 11.6 Å². The first-order valence-electron chi connectivity index (χ1n) is 38.6. The molecule has 0 spiro atoms. The van der Waals surface area contributed by atoms with Crippen LogP contribution in [0.1, 0.15) is 158 Å². The molecule has 0 unspecified atom stereocenters. The molecule has 0 saturated heterocycles. The van der Waals surface area contributed by atoms with Crippen molar-refractivity contribution < 1.29 is 72.9 Å². The van der Waals surface area contributed by atoms with Crippen molar-refractivity contribution in [1.82, 2.24) is 15.0 Å². The fourth-order valence-corrected chi connectivity index (χ4v) is 17.4. The number of nitrogens with one attached hydrogen (secondary N) is 1. The molecule has 2 aliphatic rings. The van der Waals surface area contributed by atoms with Gasteiger partial charge in [-0.15, -0.1) is 0 Å². The molecule has 24 heteroatoms. The number of aryl methyl sites for hydroxylation is 10. The van der Waals surface area contributed by atoms with E-state index < -0.39 is 42.0 Å². The van der Waals surface area contributed by atoms with Crippen LogP contribution in [0.2, 0.25) is 0 Å². The molecule has 0 radical (unpaired) electrons. The molecule has 3 heterocycles. The average molecular weight is 1670 g/mol. The second-order valence-electron chi connectivity index (χ2n) is 29.6. The fraction of sp³-hybridized carbons (Fsp3) is 0.211. The van der Waals surface area contributed by atoms with Gasteiger partial charge in [0.05, 0.1) is 28.0 Å². The molecule has 3 N–H and O–H groups in total. The number of aromatic nitrogens is 3. The van der Waals surface area contributed by atoms with E-state index in [1.54, 1.807) is 36.4 Å². The van der Waals surface area contributed by atoms with Gasteiger partial charge in [0.1, 0.15) is 64.7 Å². The van der Waals surface area contributed by atoms with Gasteiger partial charge in [0.15, 0.2) is 0 Å². The molecule has 0 aliphatic carbocycles. The molecule has 2 aliphatic heterocycles. The summed E-state index contributed by atoms with van der Waals surface area (Å²) in [4.78, 5) is 40.0. The summed E-state index contributed by atoms with van der Waals surface area (Å²) in [5.74, 6) is 1.82. The Kier molecular flexibility index (Phi) is 27.6. The number of fused-ring (bicyclic) bond motifs is 4. The standard InChI is InChI=1S/2C37H32O4S.C21H28N4O8S2/c2*1-23-9-7-10-24(2)32(23)19-27-15-17-29-34(21-27)41-35-22-28(20-33-25(3)11-8-12-26(33)4)16-18-30(35)37(29)31-13-5-6-14-36(31)42(38,39)40;1-32-33-34-9-5-3-7-17-23-18(8-4-6-10-35(2,30)31)25-21(24-17)22-16-12-14(19(26)27)11-15(13-16)20(28)29/h2*5-19,21-22H,20H2,1-4H3,(H,38,39,40);11-13H,3-10H2,1-2H3,(H,26,27)(H,28,29)(H,22,23,24,25)/p-2/b2*27-19+;. The van der Waals surface area contributed by atoms with Gasteiger partial charge in [-0.1, -0.05) is 146 Å². The van der Waals surface area contributed by atoms with Crippen LogP contribution in [0.3, 0.4) is 0 Å². The van der Waals surface area contributed by atoms with Crippen molar-refractivity contribution in [2.75, 3.05) is 30.2 Å². The lowest BCUT2D eigenvalue weighted by atomic mass is 9.90. The van der Waals surface area contributed by atoms with Gasteiger partial charge in [0.25, 0.3) is 0 Å². The number of carboxylic acids is 2. The molecule has 0 bridgehead atoms. The Morgan fingerprint density at radius 2 is 0.857 bits per heavy atom. The first-order valence-corrected chi connectivity index (χ1v) is 44.4. The Bertz CT molecular complexity index is 6150. The topological polar surface area (TPSA) is 311 Å². The Hall–Kier alpha value is -11.7. The van der Waals surface area contributed by atoms with E-state index in [2.05, 4.69) is 165 Å². The number of rotatable bonds is 26. The minimum Gasteiger partial charge on any atom is -0.744 e.